The molecule has 0 bridgehead atoms. The summed E-state index contributed by atoms with van der Waals surface area (Å²) in [6, 6.07) is 9.80. The highest BCUT2D eigenvalue weighted by Crippen LogP contribution is 2.30. The molecule has 1 saturated carbocycles. The maximum Gasteiger partial charge on any atom is 0.269 e. The van der Waals surface area contributed by atoms with Gasteiger partial charge in [0.2, 0.25) is 0 Å². The highest BCUT2D eigenvalue weighted by atomic mass is 16.5. The van der Waals surface area contributed by atoms with Crippen molar-refractivity contribution in [3.63, 3.8) is 0 Å². The Morgan fingerprint density at radius 1 is 1.35 bits per heavy atom. The van der Waals surface area contributed by atoms with E-state index in [0.29, 0.717) is 12.2 Å². The number of ether oxygens (including phenoxy) is 1. The summed E-state index contributed by atoms with van der Waals surface area (Å²) in [6.07, 6.45) is 7.41. The van der Waals surface area contributed by atoms with Gasteiger partial charge >= 0.3 is 0 Å². The molecule has 1 aliphatic rings. The average molecular weight is 355 g/mol. The van der Waals surface area contributed by atoms with E-state index in [9.17, 15) is 4.79 Å². The smallest absolute Gasteiger partial charge is 0.269 e. The normalized spacial score (nSPS) is 14.1. The summed E-state index contributed by atoms with van der Waals surface area (Å²) >= 11 is 0. The number of rotatable bonds is 9. The molecule has 0 spiro atoms. The van der Waals surface area contributed by atoms with Crippen LogP contribution in [0.5, 0.6) is 5.75 Å². The van der Waals surface area contributed by atoms with Gasteiger partial charge in [-0.3, -0.25) is 9.48 Å². The van der Waals surface area contributed by atoms with Crippen LogP contribution in [0.25, 0.3) is 0 Å². The van der Waals surface area contributed by atoms with Crippen LogP contribution in [-0.2, 0) is 20.0 Å². The van der Waals surface area contributed by atoms with Gasteiger partial charge in [0.25, 0.3) is 5.91 Å². The molecule has 3 rings (SSSR count). The van der Waals surface area contributed by atoms with E-state index < -0.39 is 0 Å². The Labute approximate surface area is 155 Å². The molecule has 0 atom stereocenters. The Kier molecular flexibility index (Phi) is 6.31. The fourth-order valence-electron chi connectivity index (χ4n) is 3.27. The van der Waals surface area contributed by atoms with Crippen LogP contribution >= 0.6 is 0 Å². The second-order valence-electron chi connectivity index (χ2n) is 7.12. The summed E-state index contributed by atoms with van der Waals surface area (Å²) in [7, 11) is 1.80. The van der Waals surface area contributed by atoms with Crippen molar-refractivity contribution in [1.29, 1.82) is 0 Å². The van der Waals surface area contributed by atoms with Crippen molar-refractivity contribution in [3.05, 3.63) is 47.3 Å². The van der Waals surface area contributed by atoms with E-state index >= 15 is 0 Å². The number of hydrogen-bond donors (Lipinski definition) is 1. The molecule has 2 aromatic rings. The first-order valence-electron chi connectivity index (χ1n) is 9.68. The van der Waals surface area contributed by atoms with E-state index in [-0.39, 0.29) is 5.91 Å². The maximum absolute atomic E-state index is 12.4. The molecular weight excluding hydrogens is 326 g/mol. The Bertz CT molecular complexity index is 735. The van der Waals surface area contributed by atoms with Crippen molar-refractivity contribution < 1.29 is 9.53 Å². The van der Waals surface area contributed by atoms with E-state index in [4.69, 9.17) is 4.74 Å². The standard InChI is InChI=1S/C21H29N3O2/c1-3-18-14-20(24(2)23-18)21(25)22-15-17-9-5-11-19(13-17)26-12-6-10-16-7-4-8-16/h5,9,11,13-14,16H,3-4,6-8,10,12,15H2,1-2H3,(H,22,25). The van der Waals surface area contributed by atoms with E-state index in [1.807, 2.05) is 37.3 Å². The van der Waals surface area contributed by atoms with Gasteiger partial charge in [-0.25, -0.2) is 0 Å². The molecule has 1 aromatic heterocycles. The molecule has 5 heteroatoms. The van der Waals surface area contributed by atoms with Crippen molar-refractivity contribution in [2.24, 2.45) is 13.0 Å². The number of nitrogens with zero attached hydrogens (tertiary/aromatic N) is 2. The molecule has 0 radical (unpaired) electrons. The van der Waals surface area contributed by atoms with Gasteiger partial charge in [-0.2, -0.15) is 5.10 Å². The molecule has 1 amide bonds. The first-order chi connectivity index (χ1) is 12.7. The van der Waals surface area contributed by atoms with E-state index in [0.717, 1.165) is 42.4 Å². The molecule has 1 aromatic carbocycles. The largest absolute Gasteiger partial charge is 0.494 e. The molecule has 26 heavy (non-hydrogen) atoms. The second-order valence-corrected chi connectivity index (χ2v) is 7.12. The predicted molar refractivity (Wildman–Crippen MR) is 102 cm³/mol. The summed E-state index contributed by atoms with van der Waals surface area (Å²) in [5.74, 6) is 1.70. The van der Waals surface area contributed by atoms with Crippen molar-refractivity contribution in [2.45, 2.75) is 52.0 Å². The van der Waals surface area contributed by atoms with Gasteiger partial charge in [-0.05, 0) is 48.9 Å². The lowest BCUT2D eigenvalue weighted by Crippen LogP contribution is -2.25. The first kappa shape index (κ1) is 18.5. The molecule has 0 unspecified atom stereocenters. The van der Waals surface area contributed by atoms with Crippen molar-refractivity contribution in [1.82, 2.24) is 15.1 Å². The van der Waals surface area contributed by atoms with Gasteiger partial charge in [0.1, 0.15) is 11.4 Å². The van der Waals surface area contributed by atoms with Crippen LogP contribution in [0.1, 0.15) is 60.8 Å². The number of nitrogens with one attached hydrogen (secondary N) is 1. The number of hydrogen-bond acceptors (Lipinski definition) is 3. The van der Waals surface area contributed by atoms with Crippen LogP contribution in [-0.4, -0.2) is 22.3 Å². The van der Waals surface area contributed by atoms with Crippen molar-refractivity contribution in [3.8, 4) is 5.75 Å². The highest BCUT2D eigenvalue weighted by molar-refractivity contribution is 5.92. The third-order valence-electron chi connectivity index (χ3n) is 5.13. The fourth-order valence-corrected chi connectivity index (χ4v) is 3.27. The second kappa shape index (κ2) is 8.88. The molecule has 0 aliphatic heterocycles. The topological polar surface area (TPSA) is 56.1 Å². The lowest BCUT2D eigenvalue weighted by Gasteiger charge is -2.24. The highest BCUT2D eigenvalue weighted by Gasteiger charge is 2.16. The number of aromatic nitrogens is 2. The Morgan fingerprint density at radius 3 is 2.88 bits per heavy atom. The molecule has 1 aliphatic carbocycles. The fraction of sp³-hybridized carbons (Fsp3) is 0.524. The lowest BCUT2D eigenvalue weighted by molar-refractivity contribution is 0.0941. The Balaban J connectivity index is 1.46. The maximum atomic E-state index is 12.4. The lowest BCUT2D eigenvalue weighted by atomic mass is 9.82. The van der Waals surface area contributed by atoms with Crippen LogP contribution in [0.15, 0.2) is 30.3 Å². The van der Waals surface area contributed by atoms with Crippen LogP contribution in [0.4, 0.5) is 0 Å². The third kappa shape index (κ3) is 4.87. The summed E-state index contributed by atoms with van der Waals surface area (Å²) < 4.78 is 7.50. The minimum Gasteiger partial charge on any atom is -0.494 e. The van der Waals surface area contributed by atoms with Crippen LogP contribution in [0, 0.1) is 5.92 Å². The molecule has 0 saturated heterocycles. The van der Waals surface area contributed by atoms with Gasteiger partial charge in [0, 0.05) is 13.6 Å². The summed E-state index contributed by atoms with van der Waals surface area (Å²) in [5.41, 5.74) is 2.55. The summed E-state index contributed by atoms with van der Waals surface area (Å²) in [5, 5.41) is 7.28. The number of carbonyl (C=O) groups is 1. The quantitative estimate of drug-likeness (QED) is 0.695. The summed E-state index contributed by atoms with van der Waals surface area (Å²) in [6.45, 7) is 3.27. The monoisotopic (exact) mass is 355 g/mol. The number of amides is 1. The van der Waals surface area contributed by atoms with Crippen LogP contribution in [0.3, 0.4) is 0 Å². The van der Waals surface area contributed by atoms with Gasteiger partial charge in [-0.1, -0.05) is 38.3 Å². The van der Waals surface area contributed by atoms with E-state index in [1.54, 1.807) is 11.7 Å². The minimum atomic E-state index is -0.105. The van der Waals surface area contributed by atoms with Crippen LogP contribution in [0.2, 0.25) is 0 Å². The van der Waals surface area contributed by atoms with Gasteiger partial charge in [-0.15, -0.1) is 0 Å². The van der Waals surface area contributed by atoms with Crippen molar-refractivity contribution >= 4 is 5.91 Å². The zero-order chi connectivity index (χ0) is 18.4. The predicted octanol–water partition coefficient (Wildman–Crippen LogP) is 3.87. The third-order valence-corrected chi connectivity index (χ3v) is 5.13. The van der Waals surface area contributed by atoms with Gasteiger partial charge in [0.15, 0.2) is 0 Å². The van der Waals surface area contributed by atoms with Crippen LogP contribution < -0.4 is 10.1 Å². The molecular formula is C21H29N3O2. The van der Waals surface area contributed by atoms with Crippen molar-refractivity contribution in [2.75, 3.05) is 6.61 Å². The average Bonchev–Trinajstić information content (AvgIpc) is 2.99. The SMILES string of the molecule is CCc1cc(C(=O)NCc2cccc(OCCCC3CCC3)c2)n(C)n1. The molecule has 1 N–H and O–H groups in total. The molecule has 140 valence electrons. The van der Waals surface area contributed by atoms with E-state index in [2.05, 4.69) is 10.4 Å². The van der Waals surface area contributed by atoms with Gasteiger partial charge < -0.3 is 10.1 Å². The minimum absolute atomic E-state index is 0.105. The number of carbonyl (C=O) groups excluding carboxylic acids is 1. The molecule has 1 fully saturated rings. The zero-order valence-electron chi connectivity index (χ0n) is 15.8. The number of benzene rings is 1. The number of aryl methyl sites for hydroxylation is 2. The Hall–Kier alpha value is -2.30. The molecule has 5 nitrogen and oxygen atoms in total. The first-order valence-corrected chi connectivity index (χ1v) is 9.68. The zero-order valence-corrected chi connectivity index (χ0v) is 15.8. The van der Waals surface area contributed by atoms with E-state index in [1.165, 1.54) is 25.7 Å². The molecule has 1 heterocycles. The summed E-state index contributed by atoms with van der Waals surface area (Å²) in [4.78, 5) is 12.4. The Morgan fingerprint density at radius 2 is 2.19 bits per heavy atom. The van der Waals surface area contributed by atoms with Gasteiger partial charge in [0.05, 0.1) is 12.3 Å².